The van der Waals surface area contributed by atoms with Crippen LogP contribution in [-0.4, -0.2) is 34.7 Å². The summed E-state index contributed by atoms with van der Waals surface area (Å²) in [7, 11) is 3.84. The quantitative estimate of drug-likeness (QED) is 0.736. The molecule has 0 saturated carbocycles. The Balaban J connectivity index is 1.48. The van der Waals surface area contributed by atoms with Crippen molar-refractivity contribution in [2.45, 2.75) is 18.9 Å². The summed E-state index contributed by atoms with van der Waals surface area (Å²) in [5.74, 6) is 2.65. The van der Waals surface area contributed by atoms with Crippen molar-refractivity contribution in [2.75, 3.05) is 20.2 Å². The fraction of sp³-hybridized carbons (Fsp3) is 0.350. The highest BCUT2D eigenvalue weighted by Crippen LogP contribution is 2.29. The lowest BCUT2D eigenvalue weighted by molar-refractivity contribution is 0.325. The highest BCUT2D eigenvalue weighted by Gasteiger charge is 2.27. The normalized spacial score (nSPS) is 18.3. The molecule has 0 N–H and O–H groups in total. The van der Waals surface area contributed by atoms with Gasteiger partial charge in [0.25, 0.3) is 0 Å². The van der Waals surface area contributed by atoms with Crippen molar-refractivity contribution in [1.29, 1.82) is 0 Å². The standard InChI is InChI=1S/C20H23N3O/c1-22-19-6-4-3-5-18(19)21-20(22)16-11-12-23(14-16)13-15-7-9-17(24-2)10-8-15/h3-10,16H,11-14H2,1-2H3. The van der Waals surface area contributed by atoms with Crippen molar-refractivity contribution in [3.63, 3.8) is 0 Å². The molecule has 3 aromatic rings. The lowest BCUT2D eigenvalue weighted by atomic mass is 10.1. The molecule has 2 aromatic carbocycles. The number of nitrogens with zero attached hydrogens (tertiary/aromatic N) is 3. The summed E-state index contributed by atoms with van der Waals surface area (Å²) in [6, 6.07) is 16.8. The van der Waals surface area contributed by atoms with Crippen LogP contribution in [0, 0.1) is 0 Å². The molecular weight excluding hydrogens is 298 g/mol. The van der Waals surface area contributed by atoms with E-state index in [4.69, 9.17) is 9.72 Å². The van der Waals surface area contributed by atoms with E-state index in [1.54, 1.807) is 7.11 Å². The Labute approximate surface area is 142 Å². The fourth-order valence-electron chi connectivity index (χ4n) is 3.71. The molecule has 1 aromatic heterocycles. The Kier molecular flexibility index (Phi) is 3.98. The Morgan fingerprint density at radius 1 is 1.12 bits per heavy atom. The molecule has 1 aliphatic heterocycles. The predicted octanol–water partition coefficient (Wildman–Crippen LogP) is 3.57. The fourth-order valence-corrected chi connectivity index (χ4v) is 3.71. The zero-order chi connectivity index (χ0) is 16.5. The molecular formula is C20H23N3O. The van der Waals surface area contributed by atoms with E-state index < -0.39 is 0 Å². The van der Waals surface area contributed by atoms with Gasteiger partial charge in [0.2, 0.25) is 0 Å². The van der Waals surface area contributed by atoms with Crippen LogP contribution in [0.25, 0.3) is 11.0 Å². The molecule has 4 heteroatoms. The van der Waals surface area contributed by atoms with Gasteiger partial charge in [0.15, 0.2) is 0 Å². The van der Waals surface area contributed by atoms with Crippen molar-refractivity contribution in [3.05, 3.63) is 59.9 Å². The van der Waals surface area contributed by atoms with E-state index in [1.807, 2.05) is 12.1 Å². The molecule has 1 saturated heterocycles. The molecule has 4 nitrogen and oxygen atoms in total. The van der Waals surface area contributed by atoms with Crippen LogP contribution in [0.15, 0.2) is 48.5 Å². The van der Waals surface area contributed by atoms with Gasteiger partial charge in [-0.2, -0.15) is 0 Å². The van der Waals surface area contributed by atoms with E-state index in [-0.39, 0.29) is 0 Å². The van der Waals surface area contributed by atoms with Gasteiger partial charge >= 0.3 is 0 Å². The summed E-state index contributed by atoms with van der Waals surface area (Å²) in [6.45, 7) is 3.19. The first kappa shape index (κ1) is 15.2. The van der Waals surface area contributed by atoms with Gasteiger partial charge in [0.05, 0.1) is 18.1 Å². The van der Waals surface area contributed by atoms with Crippen LogP contribution in [-0.2, 0) is 13.6 Å². The third-order valence-corrected chi connectivity index (χ3v) is 5.02. The molecule has 0 bridgehead atoms. The Hall–Kier alpha value is -2.33. The maximum Gasteiger partial charge on any atom is 0.118 e. The van der Waals surface area contributed by atoms with Gasteiger partial charge in [-0.3, -0.25) is 4.90 Å². The number of hydrogen-bond donors (Lipinski definition) is 0. The Morgan fingerprint density at radius 3 is 2.67 bits per heavy atom. The van der Waals surface area contributed by atoms with Gasteiger partial charge in [-0.15, -0.1) is 0 Å². The van der Waals surface area contributed by atoms with Gasteiger partial charge in [-0.05, 0) is 42.8 Å². The van der Waals surface area contributed by atoms with Crippen LogP contribution in [0.1, 0.15) is 23.7 Å². The highest BCUT2D eigenvalue weighted by molar-refractivity contribution is 5.75. The summed E-state index contributed by atoms with van der Waals surface area (Å²) >= 11 is 0. The van der Waals surface area contributed by atoms with Crippen molar-refractivity contribution in [2.24, 2.45) is 7.05 Å². The highest BCUT2D eigenvalue weighted by atomic mass is 16.5. The molecule has 0 aliphatic carbocycles. The van der Waals surface area contributed by atoms with E-state index in [9.17, 15) is 0 Å². The third-order valence-electron chi connectivity index (χ3n) is 5.02. The number of methoxy groups -OCH3 is 1. The number of benzene rings is 2. The molecule has 0 amide bonds. The predicted molar refractivity (Wildman–Crippen MR) is 96.3 cm³/mol. The lowest BCUT2D eigenvalue weighted by Crippen LogP contribution is -2.20. The lowest BCUT2D eigenvalue weighted by Gasteiger charge is -2.16. The van der Waals surface area contributed by atoms with Crippen molar-refractivity contribution < 1.29 is 4.74 Å². The second-order valence-corrected chi connectivity index (χ2v) is 6.59. The van der Waals surface area contributed by atoms with E-state index in [1.165, 1.54) is 23.3 Å². The summed E-state index contributed by atoms with van der Waals surface area (Å²) < 4.78 is 7.49. The monoisotopic (exact) mass is 321 g/mol. The molecule has 1 fully saturated rings. The van der Waals surface area contributed by atoms with Gasteiger partial charge in [-0.1, -0.05) is 24.3 Å². The average Bonchev–Trinajstić information content (AvgIpc) is 3.21. The number of fused-ring (bicyclic) bond motifs is 1. The molecule has 24 heavy (non-hydrogen) atoms. The van der Waals surface area contributed by atoms with Gasteiger partial charge in [-0.25, -0.2) is 4.98 Å². The molecule has 0 radical (unpaired) electrons. The summed E-state index contributed by atoms with van der Waals surface area (Å²) in [5, 5.41) is 0. The van der Waals surface area contributed by atoms with Gasteiger partial charge < -0.3 is 9.30 Å². The molecule has 1 unspecified atom stereocenters. The first-order valence-corrected chi connectivity index (χ1v) is 8.51. The van der Waals surface area contributed by atoms with Crippen LogP contribution in [0.4, 0.5) is 0 Å². The van der Waals surface area contributed by atoms with Crippen LogP contribution in [0.3, 0.4) is 0 Å². The Bertz CT molecular complexity index is 838. The number of imidazole rings is 1. The van der Waals surface area contributed by atoms with Gasteiger partial charge in [0.1, 0.15) is 11.6 Å². The van der Waals surface area contributed by atoms with E-state index in [0.717, 1.165) is 30.9 Å². The van der Waals surface area contributed by atoms with Crippen LogP contribution < -0.4 is 4.74 Å². The number of aromatic nitrogens is 2. The molecule has 124 valence electrons. The second-order valence-electron chi connectivity index (χ2n) is 6.59. The second kappa shape index (κ2) is 6.29. The van der Waals surface area contributed by atoms with Crippen molar-refractivity contribution in [3.8, 4) is 5.75 Å². The van der Waals surface area contributed by atoms with Crippen LogP contribution in [0.2, 0.25) is 0 Å². The van der Waals surface area contributed by atoms with Crippen LogP contribution >= 0.6 is 0 Å². The number of rotatable bonds is 4. The zero-order valence-corrected chi connectivity index (χ0v) is 14.3. The first-order chi connectivity index (χ1) is 11.7. The molecule has 4 rings (SSSR count). The number of ether oxygens (including phenoxy) is 1. The SMILES string of the molecule is COc1ccc(CN2CCC(c3nc4ccccc4n3C)C2)cc1. The Morgan fingerprint density at radius 2 is 1.92 bits per heavy atom. The van der Waals surface area contributed by atoms with Gasteiger partial charge in [0, 0.05) is 26.1 Å². The van der Waals surface area contributed by atoms with E-state index in [2.05, 4.69) is 52.9 Å². The number of hydrogen-bond acceptors (Lipinski definition) is 3. The number of para-hydroxylation sites is 2. The first-order valence-electron chi connectivity index (χ1n) is 8.51. The van der Waals surface area contributed by atoms with E-state index >= 15 is 0 Å². The third kappa shape index (κ3) is 2.78. The summed E-state index contributed by atoms with van der Waals surface area (Å²) in [6.07, 6.45) is 1.17. The smallest absolute Gasteiger partial charge is 0.118 e. The van der Waals surface area contributed by atoms with Crippen LogP contribution in [0.5, 0.6) is 5.75 Å². The maximum absolute atomic E-state index is 5.23. The maximum atomic E-state index is 5.23. The average molecular weight is 321 g/mol. The molecule has 1 aliphatic rings. The minimum absolute atomic E-state index is 0.514. The number of likely N-dealkylation sites (tertiary alicyclic amines) is 1. The molecule has 1 atom stereocenters. The minimum Gasteiger partial charge on any atom is -0.497 e. The largest absolute Gasteiger partial charge is 0.497 e. The summed E-state index contributed by atoms with van der Waals surface area (Å²) in [5.41, 5.74) is 3.66. The summed E-state index contributed by atoms with van der Waals surface area (Å²) in [4.78, 5) is 7.40. The van der Waals surface area contributed by atoms with Crippen molar-refractivity contribution >= 4 is 11.0 Å². The molecule has 2 heterocycles. The topological polar surface area (TPSA) is 30.3 Å². The number of aryl methyl sites for hydroxylation is 1. The zero-order valence-electron chi connectivity index (χ0n) is 14.3. The van der Waals surface area contributed by atoms with Crippen molar-refractivity contribution in [1.82, 2.24) is 14.5 Å². The minimum atomic E-state index is 0.514. The van der Waals surface area contributed by atoms with E-state index in [0.29, 0.717) is 5.92 Å². The molecule has 0 spiro atoms.